The lowest BCUT2D eigenvalue weighted by atomic mass is 10.1. The molecule has 17 heavy (non-hydrogen) atoms. The Morgan fingerprint density at radius 2 is 1.94 bits per heavy atom. The molecular weight excluding hydrogens is 216 g/mol. The SMILES string of the molecule is CC(C)[C@H]1COc2c3[n+]([c-]n21)[C@@H](C(C)C)CO3. The zero-order chi connectivity index (χ0) is 12.2. The van der Waals surface area contributed by atoms with E-state index >= 15 is 0 Å². The Morgan fingerprint density at radius 1 is 1.18 bits per heavy atom. The van der Waals surface area contributed by atoms with Crippen molar-refractivity contribution < 1.29 is 14.0 Å². The maximum atomic E-state index is 5.77. The average molecular weight is 236 g/mol. The lowest BCUT2D eigenvalue weighted by Crippen LogP contribution is -2.39. The predicted molar refractivity (Wildman–Crippen MR) is 62.2 cm³/mol. The van der Waals surface area contributed by atoms with Gasteiger partial charge in [0.1, 0.15) is 25.3 Å². The van der Waals surface area contributed by atoms with Crippen molar-refractivity contribution in [3.05, 3.63) is 6.33 Å². The van der Waals surface area contributed by atoms with Gasteiger partial charge in [-0.2, -0.15) is 0 Å². The van der Waals surface area contributed by atoms with Gasteiger partial charge in [0.15, 0.2) is 0 Å². The maximum absolute atomic E-state index is 5.77. The van der Waals surface area contributed by atoms with Crippen molar-refractivity contribution in [2.75, 3.05) is 13.2 Å². The largest absolute Gasteiger partial charge is 0.518 e. The van der Waals surface area contributed by atoms with Crippen LogP contribution in [0.4, 0.5) is 0 Å². The van der Waals surface area contributed by atoms with Crippen LogP contribution in [-0.2, 0) is 0 Å². The summed E-state index contributed by atoms with van der Waals surface area (Å²) in [4.78, 5) is 0. The van der Waals surface area contributed by atoms with Gasteiger partial charge in [-0.15, -0.1) is 0 Å². The third-order valence-electron chi connectivity index (χ3n) is 3.82. The summed E-state index contributed by atoms with van der Waals surface area (Å²) in [5, 5.41) is 0. The number of rotatable bonds is 2. The first-order chi connectivity index (χ1) is 8.09. The van der Waals surface area contributed by atoms with Gasteiger partial charge in [0.05, 0.1) is 0 Å². The zero-order valence-corrected chi connectivity index (χ0v) is 10.9. The van der Waals surface area contributed by atoms with Crippen LogP contribution in [0.15, 0.2) is 0 Å². The molecule has 0 saturated heterocycles. The van der Waals surface area contributed by atoms with Gasteiger partial charge in [0, 0.05) is 0 Å². The van der Waals surface area contributed by atoms with E-state index in [1.54, 1.807) is 0 Å². The van der Waals surface area contributed by atoms with Gasteiger partial charge in [-0.25, -0.2) is 0 Å². The van der Waals surface area contributed by atoms with E-state index in [-0.39, 0.29) is 0 Å². The fourth-order valence-corrected chi connectivity index (χ4v) is 2.58. The molecule has 0 N–H and O–H groups in total. The lowest BCUT2D eigenvalue weighted by molar-refractivity contribution is -0.715. The molecule has 0 fully saturated rings. The van der Waals surface area contributed by atoms with Crippen LogP contribution in [0.25, 0.3) is 0 Å². The number of ether oxygens (including phenoxy) is 2. The number of imidazole rings is 1. The Hall–Kier alpha value is -1.19. The Kier molecular flexibility index (Phi) is 2.35. The van der Waals surface area contributed by atoms with Crippen LogP contribution in [0.5, 0.6) is 11.8 Å². The van der Waals surface area contributed by atoms with Gasteiger partial charge in [0.25, 0.3) is 0 Å². The van der Waals surface area contributed by atoms with Crippen molar-refractivity contribution in [1.82, 2.24) is 4.57 Å². The second-order valence-corrected chi connectivity index (χ2v) is 5.70. The van der Waals surface area contributed by atoms with Gasteiger partial charge in [-0.3, -0.25) is 0 Å². The molecule has 94 valence electrons. The third-order valence-corrected chi connectivity index (χ3v) is 3.82. The quantitative estimate of drug-likeness (QED) is 0.578. The first-order valence-electron chi connectivity index (χ1n) is 6.44. The molecule has 2 aliphatic rings. The molecule has 4 nitrogen and oxygen atoms in total. The van der Waals surface area contributed by atoms with Crippen molar-refractivity contribution >= 4 is 0 Å². The van der Waals surface area contributed by atoms with Crippen LogP contribution < -0.4 is 14.0 Å². The van der Waals surface area contributed by atoms with Gasteiger partial charge < -0.3 is 18.6 Å². The Labute approximate surface area is 102 Å². The molecule has 0 saturated carbocycles. The predicted octanol–water partition coefficient (Wildman–Crippen LogP) is 1.75. The van der Waals surface area contributed by atoms with Gasteiger partial charge in [0.2, 0.25) is 18.1 Å². The molecule has 2 aliphatic heterocycles. The minimum absolute atomic E-state index is 0.388. The summed E-state index contributed by atoms with van der Waals surface area (Å²) in [7, 11) is 0. The Bertz CT molecular complexity index is 398. The monoisotopic (exact) mass is 236 g/mol. The summed E-state index contributed by atoms with van der Waals surface area (Å²) in [6.45, 7) is 10.3. The molecule has 0 amide bonds. The van der Waals surface area contributed by atoms with E-state index in [0.717, 1.165) is 25.0 Å². The molecule has 1 aromatic rings. The minimum atomic E-state index is 0.388. The molecule has 0 aromatic carbocycles. The highest BCUT2D eigenvalue weighted by molar-refractivity contribution is 5.26. The summed E-state index contributed by atoms with van der Waals surface area (Å²) in [6.07, 6.45) is 3.42. The first-order valence-corrected chi connectivity index (χ1v) is 6.44. The zero-order valence-electron chi connectivity index (χ0n) is 10.9. The van der Waals surface area contributed by atoms with Crippen LogP contribution in [-0.4, -0.2) is 17.8 Å². The molecule has 0 aliphatic carbocycles. The lowest BCUT2D eigenvalue weighted by Gasteiger charge is -2.15. The summed E-state index contributed by atoms with van der Waals surface area (Å²) in [6, 6.07) is 0.777. The smallest absolute Gasteiger partial charge is 0.210 e. The number of hydrogen-bond donors (Lipinski definition) is 0. The van der Waals surface area contributed by atoms with E-state index in [4.69, 9.17) is 9.47 Å². The van der Waals surface area contributed by atoms with E-state index in [0.29, 0.717) is 23.9 Å². The second-order valence-electron chi connectivity index (χ2n) is 5.70. The average Bonchev–Trinajstić information content (AvgIpc) is 2.84. The van der Waals surface area contributed by atoms with Crippen LogP contribution in [0.1, 0.15) is 39.8 Å². The number of nitrogens with zero attached hydrogens (tertiary/aromatic N) is 2. The van der Waals surface area contributed by atoms with Gasteiger partial charge in [-0.05, 0) is 11.8 Å². The highest BCUT2D eigenvalue weighted by Crippen LogP contribution is 2.39. The minimum Gasteiger partial charge on any atom is -0.518 e. The van der Waals surface area contributed by atoms with E-state index in [9.17, 15) is 0 Å². The molecule has 0 unspecified atom stereocenters. The van der Waals surface area contributed by atoms with E-state index in [1.807, 2.05) is 0 Å². The molecule has 0 radical (unpaired) electrons. The molecule has 2 atom stereocenters. The van der Waals surface area contributed by atoms with E-state index in [2.05, 4.69) is 43.2 Å². The van der Waals surface area contributed by atoms with Crippen molar-refractivity contribution in [1.29, 1.82) is 0 Å². The van der Waals surface area contributed by atoms with Gasteiger partial charge in [-0.1, -0.05) is 27.7 Å². The fraction of sp³-hybridized carbons (Fsp3) is 0.769. The third kappa shape index (κ3) is 1.46. The summed E-state index contributed by atoms with van der Waals surface area (Å²) in [5.74, 6) is 2.84. The van der Waals surface area contributed by atoms with Crippen molar-refractivity contribution in [3.63, 3.8) is 0 Å². The van der Waals surface area contributed by atoms with Gasteiger partial charge >= 0.3 is 0 Å². The maximum Gasteiger partial charge on any atom is 0.210 e. The summed E-state index contributed by atoms with van der Waals surface area (Å²) >= 11 is 0. The standard InChI is InChI=1S/C13H20N2O2/c1-8(2)10-5-16-12-13-15(7-14(10)12)11(6-17-13)9(3)4/h8-11H,5-6H2,1-4H3/t10-,11-/m1/s1. The van der Waals surface area contributed by atoms with Crippen molar-refractivity contribution in [2.24, 2.45) is 11.8 Å². The van der Waals surface area contributed by atoms with E-state index in [1.165, 1.54) is 0 Å². The fourth-order valence-electron chi connectivity index (χ4n) is 2.58. The Balaban J connectivity index is 2.00. The molecule has 1 aromatic heterocycles. The van der Waals surface area contributed by atoms with Crippen molar-refractivity contribution in [3.8, 4) is 11.8 Å². The molecular formula is C13H20N2O2. The molecule has 3 rings (SSSR count). The van der Waals surface area contributed by atoms with Crippen LogP contribution >= 0.6 is 0 Å². The van der Waals surface area contributed by atoms with Crippen molar-refractivity contribution in [2.45, 2.75) is 39.8 Å². The number of fused-ring (bicyclic) bond motifs is 3. The molecule has 0 spiro atoms. The summed E-state index contributed by atoms with van der Waals surface area (Å²) < 4.78 is 15.8. The first kappa shape index (κ1) is 10.9. The number of hydrogen-bond acceptors (Lipinski definition) is 2. The molecule has 3 heterocycles. The van der Waals surface area contributed by atoms with Crippen LogP contribution in [0.3, 0.4) is 0 Å². The topological polar surface area (TPSA) is 27.3 Å². The molecule has 0 bridgehead atoms. The van der Waals surface area contributed by atoms with E-state index < -0.39 is 0 Å². The highest BCUT2D eigenvalue weighted by Gasteiger charge is 2.37. The van der Waals surface area contributed by atoms with Crippen LogP contribution in [0, 0.1) is 18.2 Å². The summed E-state index contributed by atoms with van der Waals surface area (Å²) in [5.41, 5.74) is 0. The van der Waals surface area contributed by atoms with Crippen LogP contribution in [0.2, 0.25) is 0 Å². The molecule has 4 heteroatoms. The Morgan fingerprint density at radius 3 is 2.59 bits per heavy atom. The second kappa shape index (κ2) is 3.65. The number of aromatic nitrogens is 2. The normalized spacial score (nSPS) is 26.0. The highest BCUT2D eigenvalue weighted by atomic mass is 16.5.